The lowest BCUT2D eigenvalue weighted by molar-refractivity contribution is -0.148. The van der Waals surface area contributed by atoms with Crippen molar-refractivity contribution in [3.05, 3.63) is 28.2 Å². The number of hydrogen-bond donors (Lipinski definition) is 0. The number of rotatable bonds is 3. The summed E-state index contributed by atoms with van der Waals surface area (Å²) in [6.45, 7) is 3.16. The number of piperidine rings is 1. The Morgan fingerprint density at radius 3 is 2.55 bits per heavy atom. The minimum Gasteiger partial charge on any atom is -0.466 e. The standard InChI is InChI=1S/C15H17BrF3NO2/c1-2-22-14(21)10-5-7-20(8-6-10)13-9-11(15(17,18)19)3-4-12(13)16/h3-4,9-10H,2,5-8H2,1H3. The Bertz CT molecular complexity index is 540. The molecule has 0 aromatic heterocycles. The van der Waals surface area contributed by atoms with Gasteiger partial charge in [0.1, 0.15) is 0 Å². The number of carbonyl (C=O) groups excluding carboxylic acids is 1. The van der Waals surface area contributed by atoms with E-state index in [4.69, 9.17) is 4.74 Å². The Morgan fingerprint density at radius 1 is 1.36 bits per heavy atom. The average Bonchev–Trinajstić information content (AvgIpc) is 2.47. The summed E-state index contributed by atoms with van der Waals surface area (Å²) in [4.78, 5) is 13.6. The van der Waals surface area contributed by atoms with Crippen LogP contribution in [0.4, 0.5) is 18.9 Å². The molecule has 122 valence electrons. The second-order valence-electron chi connectivity index (χ2n) is 5.18. The van der Waals surface area contributed by atoms with Gasteiger partial charge in [-0.1, -0.05) is 0 Å². The lowest BCUT2D eigenvalue weighted by Gasteiger charge is -2.33. The van der Waals surface area contributed by atoms with E-state index in [2.05, 4.69) is 15.9 Å². The van der Waals surface area contributed by atoms with Crippen LogP contribution in [0.3, 0.4) is 0 Å². The third-order valence-electron chi connectivity index (χ3n) is 3.73. The van der Waals surface area contributed by atoms with Crippen molar-refractivity contribution >= 4 is 27.6 Å². The molecule has 0 spiro atoms. The summed E-state index contributed by atoms with van der Waals surface area (Å²) in [6, 6.07) is 3.61. The van der Waals surface area contributed by atoms with Crippen molar-refractivity contribution in [2.24, 2.45) is 5.92 Å². The summed E-state index contributed by atoms with van der Waals surface area (Å²) in [5.41, 5.74) is -0.157. The number of hydrogen-bond acceptors (Lipinski definition) is 3. The average molecular weight is 380 g/mol. The molecule has 22 heavy (non-hydrogen) atoms. The molecule has 2 rings (SSSR count). The molecule has 0 aliphatic carbocycles. The number of ether oxygens (including phenoxy) is 1. The molecular formula is C15H17BrF3NO2. The van der Waals surface area contributed by atoms with E-state index in [0.29, 0.717) is 42.7 Å². The van der Waals surface area contributed by atoms with Crippen LogP contribution in [-0.2, 0) is 15.7 Å². The zero-order valence-electron chi connectivity index (χ0n) is 12.1. The number of nitrogens with zero attached hydrogens (tertiary/aromatic N) is 1. The van der Waals surface area contributed by atoms with Gasteiger partial charge >= 0.3 is 12.1 Å². The molecule has 1 aliphatic rings. The molecule has 0 N–H and O–H groups in total. The topological polar surface area (TPSA) is 29.5 Å². The Balaban J connectivity index is 2.09. The first-order valence-corrected chi connectivity index (χ1v) is 7.90. The summed E-state index contributed by atoms with van der Waals surface area (Å²) in [5, 5.41) is 0. The van der Waals surface area contributed by atoms with Crippen LogP contribution in [0.1, 0.15) is 25.3 Å². The van der Waals surface area contributed by atoms with Crippen molar-refractivity contribution in [2.75, 3.05) is 24.6 Å². The zero-order chi connectivity index (χ0) is 16.3. The Kier molecular flexibility index (Phi) is 5.36. The van der Waals surface area contributed by atoms with Crippen molar-refractivity contribution in [1.82, 2.24) is 0 Å². The van der Waals surface area contributed by atoms with Gasteiger partial charge in [0.05, 0.1) is 23.8 Å². The van der Waals surface area contributed by atoms with Crippen LogP contribution < -0.4 is 4.90 Å². The van der Waals surface area contributed by atoms with Crippen LogP contribution in [-0.4, -0.2) is 25.7 Å². The lowest BCUT2D eigenvalue weighted by Crippen LogP contribution is -2.37. The SMILES string of the molecule is CCOC(=O)C1CCN(c2cc(C(F)(F)F)ccc2Br)CC1. The molecule has 0 atom stereocenters. The van der Waals surface area contributed by atoms with Crippen molar-refractivity contribution in [3.8, 4) is 0 Å². The first-order chi connectivity index (χ1) is 10.3. The maximum Gasteiger partial charge on any atom is 0.416 e. The van der Waals surface area contributed by atoms with Gasteiger partial charge in [-0.2, -0.15) is 13.2 Å². The molecule has 0 bridgehead atoms. The number of benzene rings is 1. The maximum atomic E-state index is 12.8. The Hall–Kier alpha value is -1.24. The van der Waals surface area contributed by atoms with Gasteiger partial charge in [-0.05, 0) is 53.9 Å². The number of carbonyl (C=O) groups is 1. The molecule has 1 saturated heterocycles. The Morgan fingerprint density at radius 2 is 2.00 bits per heavy atom. The van der Waals surface area contributed by atoms with E-state index >= 15 is 0 Å². The van der Waals surface area contributed by atoms with E-state index < -0.39 is 11.7 Å². The largest absolute Gasteiger partial charge is 0.466 e. The number of halogens is 4. The van der Waals surface area contributed by atoms with E-state index in [9.17, 15) is 18.0 Å². The molecule has 1 aromatic carbocycles. The maximum absolute atomic E-state index is 12.8. The fourth-order valence-electron chi connectivity index (χ4n) is 2.55. The number of alkyl halides is 3. The van der Waals surface area contributed by atoms with E-state index in [1.807, 2.05) is 4.90 Å². The fraction of sp³-hybridized carbons (Fsp3) is 0.533. The molecule has 0 amide bonds. The van der Waals surface area contributed by atoms with Gasteiger partial charge in [-0.3, -0.25) is 4.79 Å². The minimum atomic E-state index is -4.36. The predicted octanol–water partition coefficient (Wildman–Crippen LogP) is 4.25. The minimum absolute atomic E-state index is 0.166. The summed E-state index contributed by atoms with van der Waals surface area (Å²) < 4.78 is 44.1. The first-order valence-electron chi connectivity index (χ1n) is 7.11. The zero-order valence-corrected chi connectivity index (χ0v) is 13.7. The van der Waals surface area contributed by atoms with Gasteiger partial charge < -0.3 is 9.64 Å². The summed E-state index contributed by atoms with van der Waals surface area (Å²) in [5.74, 6) is -0.383. The highest BCUT2D eigenvalue weighted by atomic mass is 79.9. The van der Waals surface area contributed by atoms with E-state index in [0.717, 1.165) is 12.1 Å². The molecule has 1 heterocycles. The molecule has 1 fully saturated rings. The van der Waals surface area contributed by atoms with Crippen molar-refractivity contribution in [3.63, 3.8) is 0 Å². The van der Waals surface area contributed by atoms with Crippen molar-refractivity contribution in [2.45, 2.75) is 25.9 Å². The molecule has 0 unspecified atom stereocenters. The van der Waals surface area contributed by atoms with Gasteiger partial charge in [0.15, 0.2) is 0 Å². The van der Waals surface area contributed by atoms with Crippen LogP contribution in [0.5, 0.6) is 0 Å². The third kappa shape index (κ3) is 3.94. The van der Waals surface area contributed by atoms with Gasteiger partial charge in [0.25, 0.3) is 0 Å². The van der Waals surface area contributed by atoms with Gasteiger partial charge in [0.2, 0.25) is 0 Å². The second kappa shape index (κ2) is 6.89. The highest BCUT2D eigenvalue weighted by Gasteiger charge is 2.32. The van der Waals surface area contributed by atoms with E-state index in [1.54, 1.807) is 6.92 Å². The molecule has 0 radical (unpaired) electrons. The summed E-state index contributed by atoms with van der Waals surface area (Å²) in [6.07, 6.45) is -3.19. The van der Waals surface area contributed by atoms with Crippen LogP contribution in [0, 0.1) is 5.92 Å². The Labute approximate surface area is 135 Å². The highest BCUT2D eigenvalue weighted by Crippen LogP contribution is 2.36. The molecular weight excluding hydrogens is 363 g/mol. The van der Waals surface area contributed by atoms with Crippen LogP contribution >= 0.6 is 15.9 Å². The smallest absolute Gasteiger partial charge is 0.416 e. The van der Waals surface area contributed by atoms with Crippen molar-refractivity contribution < 1.29 is 22.7 Å². The summed E-state index contributed by atoms with van der Waals surface area (Å²) >= 11 is 3.30. The van der Waals surface area contributed by atoms with Crippen LogP contribution in [0.2, 0.25) is 0 Å². The van der Waals surface area contributed by atoms with E-state index in [1.165, 1.54) is 6.07 Å². The van der Waals surface area contributed by atoms with Crippen molar-refractivity contribution in [1.29, 1.82) is 0 Å². The molecule has 1 aromatic rings. The second-order valence-corrected chi connectivity index (χ2v) is 6.03. The third-order valence-corrected chi connectivity index (χ3v) is 4.40. The molecule has 7 heteroatoms. The normalized spacial score (nSPS) is 16.7. The predicted molar refractivity (Wildman–Crippen MR) is 80.7 cm³/mol. The van der Waals surface area contributed by atoms with Crippen LogP contribution in [0.15, 0.2) is 22.7 Å². The molecule has 3 nitrogen and oxygen atoms in total. The van der Waals surface area contributed by atoms with Gasteiger partial charge in [-0.15, -0.1) is 0 Å². The number of anilines is 1. The first kappa shape index (κ1) is 17.1. The summed E-state index contributed by atoms with van der Waals surface area (Å²) in [7, 11) is 0. The molecule has 0 saturated carbocycles. The fourth-order valence-corrected chi connectivity index (χ4v) is 3.04. The van der Waals surface area contributed by atoms with Crippen LogP contribution in [0.25, 0.3) is 0 Å². The van der Waals surface area contributed by atoms with Gasteiger partial charge in [0, 0.05) is 17.6 Å². The van der Waals surface area contributed by atoms with E-state index in [-0.39, 0.29) is 11.9 Å². The number of esters is 1. The highest BCUT2D eigenvalue weighted by molar-refractivity contribution is 9.10. The lowest BCUT2D eigenvalue weighted by atomic mass is 9.96. The quantitative estimate of drug-likeness (QED) is 0.735. The molecule has 1 aliphatic heterocycles. The monoisotopic (exact) mass is 379 g/mol. The van der Waals surface area contributed by atoms with Gasteiger partial charge in [-0.25, -0.2) is 0 Å².